The number of benzene rings is 1. The van der Waals surface area contributed by atoms with Crippen LogP contribution in [0.25, 0.3) is 0 Å². The topological polar surface area (TPSA) is 84.5 Å². The second-order valence-electron chi connectivity index (χ2n) is 3.37. The molecule has 0 aliphatic heterocycles. The molecule has 4 nitrogen and oxygen atoms in total. The van der Waals surface area contributed by atoms with Crippen molar-refractivity contribution in [3.63, 3.8) is 0 Å². The van der Waals surface area contributed by atoms with Gasteiger partial charge in [-0.2, -0.15) is 5.26 Å². The molecule has 0 radical (unpaired) electrons. The Hall–Kier alpha value is -1.57. The minimum atomic E-state index is -1.14. The van der Waals surface area contributed by atoms with E-state index in [1.807, 2.05) is 0 Å². The summed E-state index contributed by atoms with van der Waals surface area (Å²) >= 11 is 0. The minimum Gasteiger partial charge on any atom is -0.508 e. The highest BCUT2D eigenvalue weighted by atomic mass is 16.3. The summed E-state index contributed by atoms with van der Waals surface area (Å²) in [6.07, 6.45) is -2.41. The highest BCUT2D eigenvalue weighted by molar-refractivity contribution is 5.39. The number of phenolic OH excluding ortho intramolecular Hbond substituents is 1. The third-order valence-corrected chi connectivity index (χ3v) is 2.33. The first-order valence-electron chi connectivity index (χ1n) is 4.59. The van der Waals surface area contributed by atoms with Gasteiger partial charge >= 0.3 is 0 Å². The van der Waals surface area contributed by atoms with E-state index in [1.54, 1.807) is 25.1 Å². The normalized spacial score (nSPS) is 14.3. The first-order chi connectivity index (χ1) is 7.07. The van der Waals surface area contributed by atoms with E-state index in [0.717, 1.165) is 0 Å². The predicted octanol–water partition coefficient (Wildman–Crippen LogP) is 1.01. The van der Waals surface area contributed by atoms with Crippen molar-refractivity contribution in [2.24, 2.45) is 0 Å². The zero-order valence-corrected chi connectivity index (χ0v) is 8.38. The number of hydrogen-bond donors (Lipinski definition) is 3. The van der Waals surface area contributed by atoms with Crippen molar-refractivity contribution in [3.05, 3.63) is 29.3 Å². The number of nitriles is 1. The van der Waals surface area contributed by atoms with Crippen LogP contribution in [0.2, 0.25) is 0 Å². The lowest BCUT2D eigenvalue weighted by atomic mass is 9.97. The van der Waals surface area contributed by atoms with Crippen LogP contribution in [0.4, 0.5) is 0 Å². The summed E-state index contributed by atoms with van der Waals surface area (Å²) in [6, 6.07) is 6.48. The molecule has 0 saturated heterocycles. The van der Waals surface area contributed by atoms with Crippen molar-refractivity contribution in [2.75, 3.05) is 0 Å². The van der Waals surface area contributed by atoms with E-state index < -0.39 is 12.2 Å². The molecule has 2 unspecified atom stereocenters. The van der Waals surface area contributed by atoms with Crippen molar-refractivity contribution < 1.29 is 15.3 Å². The molecule has 4 heteroatoms. The Kier molecular flexibility index (Phi) is 3.67. The molecule has 0 spiro atoms. The fourth-order valence-electron chi connectivity index (χ4n) is 1.37. The van der Waals surface area contributed by atoms with E-state index in [9.17, 15) is 15.3 Å². The van der Waals surface area contributed by atoms with E-state index in [1.165, 1.54) is 6.07 Å². The Morgan fingerprint density at radius 3 is 2.67 bits per heavy atom. The van der Waals surface area contributed by atoms with Gasteiger partial charge in [0.05, 0.1) is 18.6 Å². The summed E-state index contributed by atoms with van der Waals surface area (Å²) in [5.41, 5.74) is 0.958. The van der Waals surface area contributed by atoms with Gasteiger partial charge < -0.3 is 15.3 Å². The van der Waals surface area contributed by atoms with Gasteiger partial charge in [-0.1, -0.05) is 12.1 Å². The third kappa shape index (κ3) is 2.46. The molecular formula is C11H13NO3. The monoisotopic (exact) mass is 207 g/mol. The lowest BCUT2D eigenvalue weighted by molar-refractivity contribution is 0.0211. The molecule has 0 fully saturated rings. The second-order valence-corrected chi connectivity index (χ2v) is 3.37. The second kappa shape index (κ2) is 4.78. The largest absolute Gasteiger partial charge is 0.508 e. The Morgan fingerprint density at radius 1 is 1.40 bits per heavy atom. The molecule has 0 aliphatic rings. The number of aromatic hydroxyl groups is 1. The summed E-state index contributed by atoms with van der Waals surface area (Å²) < 4.78 is 0. The summed E-state index contributed by atoms with van der Waals surface area (Å²) in [5, 5.41) is 36.9. The number of aliphatic hydroxyl groups excluding tert-OH is 2. The summed E-state index contributed by atoms with van der Waals surface area (Å²) in [7, 11) is 0. The fraction of sp³-hybridized carbons (Fsp3) is 0.364. The smallest absolute Gasteiger partial charge is 0.118 e. The fourth-order valence-corrected chi connectivity index (χ4v) is 1.37. The molecule has 1 aromatic carbocycles. The summed E-state index contributed by atoms with van der Waals surface area (Å²) in [6.45, 7) is 1.65. The van der Waals surface area contributed by atoms with Gasteiger partial charge in [-0.05, 0) is 24.1 Å². The maximum Gasteiger partial charge on any atom is 0.118 e. The van der Waals surface area contributed by atoms with Gasteiger partial charge in [0, 0.05) is 0 Å². The van der Waals surface area contributed by atoms with Crippen LogP contribution in [0, 0.1) is 18.3 Å². The van der Waals surface area contributed by atoms with Gasteiger partial charge in [0.2, 0.25) is 0 Å². The van der Waals surface area contributed by atoms with Crippen molar-refractivity contribution in [2.45, 2.75) is 25.6 Å². The van der Waals surface area contributed by atoms with Gasteiger partial charge in [0.15, 0.2) is 0 Å². The first-order valence-corrected chi connectivity index (χ1v) is 4.59. The van der Waals surface area contributed by atoms with Gasteiger partial charge in [0.1, 0.15) is 11.9 Å². The molecule has 1 rings (SSSR count). The minimum absolute atomic E-state index is 0.0655. The first kappa shape index (κ1) is 11.5. The molecule has 0 aromatic heterocycles. The van der Waals surface area contributed by atoms with E-state index in [-0.39, 0.29) is 12.2 Å². The van der Waals surface area contributed by atoms with Gasteiger partial charge in [-0.25, -0.2) is 0 Å². The Balaban J connectivity index is 2.96. The lowest BCUT2D eigenvalue weighted by Gasteiger charge is -2.18. The Labute approximate surface area is 88.0 Å². The molecule has 0 heterocycles. The third-order valence-electron chi connectivity index (χ3n) is 2.33. The van der Waals surface area contributed by atoms with Crippen molar-refractivity contribution >= 4 is 0 Å². The maximum absolute atomic E-state index is 9.71. The van der Waals surface area contributed by atoms with Crippen LogP contribution in [0.3, 0.4) is 0 Å². The van der Waals surface area contributed by atoms with Crippen molar-refractivity contribution in [1.82, 2.24) is 0 Å². The number of aliphatic hydroxyl groups is 2. The summed E-state index contributed by atoms with van der Waals surface area (Å²) in [4.78, 5) is 0. The van der Waals surface area contributed by atoms with Crippen LogP contribution in [0.1, 0.15) is 23.7 Å². The summed E-state index contributed by atoms with van der Waals surface area (Å²) in [5.74, 6) is 0.0655. The van der Waals surface area contributed by atoms with E-state index >= 15 is 0 Å². The van der Waals surface area contributed by atoms with Crippen molar-refractivity contribution in [1.29, 1.82) is 5.26 Å². The lowest BCUT2D eigenvalue weighted by Crippen LogP contribution is -2.18. The maximum atomic E-state index is 9.71. The van der Waals surface area contributed by atoms with E-state index in [2.05, 4.69) is 0 Å². The Bertz CT molecular complexity index is 384. The number of hydrogen-bond acceptors (Lipinski definition) is 4. The molecule has 3 N–H and O–H groups in total. The molecule has 15 heavy (non-hydrogen) atoms. The standard InChI is InChI=1S/C11H13NO3/c1-7-8(3-2-4-9(7)13)11(15)10(14)5-6-12/h2-4,10-11,13-15H,5H2,1H3. The number of phenols is 1. The quantitative estimate of drug-likeness (QED) is 0.690. The van der Waals surface area contributed by atoms with Crippen LogP contribution >= 0.6 is 0 Å². The van der Waals surface area contributed by atoms with Crippen molar-refractivity contribution in [3.8, 4) is 11.8 Å². The van der Waals surface area contributed by atoms with Crippen LogP contribution in [-0.4, -0.2) is 21.4 Å². The highest BCUT2D eigenvalue weighted by Gasteiger charge is 2.20. The van der Waals surface area contributed by atoms with Crippen LogP contribution < -0.4 is 0 Å². The molecule has 1 aromatic rings. The van der Waals surface area contributed by atoms with E-state index in [0.29, 0.717) is 11.1 Å². The molecule has 80 valence electrons. The molecule has 0 bridgehead atoms. The average Bonchev–Trinajstić information content (AvgIpc) is 2.21. The molecule has 0 amide bonds. The van der Waals surface area contributed by atoms with Crippen LogP contribution in [-0.2, 0) is 0 Å². The zero-order valence-electron chi connectivity index (χ0n) is 8.38. The highest BCUT2D eigenvalue weighted by Crippen LogP contribution is 2.27. The molecule has 0 saturated carbocycles. The molecular weight excluding hydrogens is 194 g/mol. The zero-order chi connectivity index (χ0) is 11.4. The van der Waals surface area contributed by atoms with Gasteiger partial charge in [-0.15, -0.1) is 0 Å². The van der Waals surface area contributed by atoms with Crippen LogP contribution in [0.5, 0.6) is 5.75 Å². The number of nitrogens with zero attached hydrogens (tertiary/aromatic N) is 1. The predicted molar refractivity (Wildman–Crippen MR) is 54.0 cm³/mol. The molecule has 2 atom stereocenters. The van der Waals surface area contributed by atoms with Gasteiger partial charge in [-0.3, -0.25) is 0 Å². The average molecular weight is 207 g/mol. The SMILES string of the molecule is Cc1c(O)cccc1C(O)C(O)CC#N. The van der Waals surface area contributed by atoms with E-state index in [4.69, 9.17) is 5.26 Å². The van der Waals surface area contributed by atoms with Gasteiger partial charge in [0.25, 0.3) is 0 Å². The Morgan fingerprint density at radius 2 is 2.07 bits per heavy atom. The number of rotatable bonds is 3. The van der Waals surface area contributed by atoms with Crippen LogP contribution in [0.15, 0.2) is 18.2 Å². The molecule has 0 aliphatic carbocycles.